The van der Waals surface area contributed by atoms with E-state index in [0.29, 0.717) is 6.07 Å². The molecule has 2 rings (SSSR count). The number of halogens is 3. The van der Waals surface area contributed by atoms with Gasteiger partial charge in [-0.25, -0.2) is 9.97 Å². The summed E-state index contributed by atoms with van der Waals surface area (Å²) in [5.74, 6) is -0.554. The van der Waals surface area contributed by atoms with Crippen molar-refractivity contribution in [3.8, 4) is 11.3 Å². The van der Waals surface area contributed by atoms with Crippen molar-refractivity contribution in [2.45, 2.75) is 6.18 Å². The van der Waals surface area contributed by atoms with Crippen molar-refractivity contribution in [1.29, 1.82) is 0 Å². The second kappa shape index (κ2) is 4.76. The van der Waals surface area contributed by atoms with Gasteiger partial charge in [-0.1, -0.05) is 12.1 Å². The fraction of sp³-hybridized carbons (Fsp3) is 0.0909. The quantitative estimate of drug-likeness (QED) is 0.675. The Hall–Kier alpha value is -2.71. The van der Waals surface area contributed by atoms with E-state index in [1.807, 2.05) is 0 Å². The van der Waals surface area contributed by atoms with Gasteiger partial charge in [-0.2, -0.15) is 13.2 Å². The summed E-state index contributed by atoms with van der Waals surface area (Å²) in [6.07, 6.45) is -4.67. The molecule has 9 heteroatoms. The highest BCUT2D eigenvalue weighted by atomic mass is 19.4. The first-order valence-corrected chi connectivity index (χ1v) is 5.24. The second-order valence-corrected chi connectivity index (χ2v) is 3.80. The van der Waals surface area contributed by atoms with Gasteiger partial charge in [0.2, 0.25) is 5.95 Å². The Kier molecular flexibility index (Phi) is 3.26. The maximum Gasteiger partial charge on any atom is 0.433 e. The number of nitrogen functional groups attached to an aromatic ring is 1. The Morgan fingerprint density at radius 1 is 1.20 bits per heavy atom. The number of aromatic nitrogens is 2. The molecule has 0 saturated carbocycles. The molecule has 2 aromatic rings. The fourth-order valence-electron chi connectivity index (χ4n) is 1.54. The normalized spacial score (nSPS) is 11.3. The third-order valence-corrected chi connectivity index (χ3v) is 2.39. The average molecular weight is 284 g/mol. The van der Waals surface area contributed by atoms with Gasteiger partial charge in [0, 0.05) is 17.7 Å². The molecule has 0 spiro atoms. The van der Waals surface area contributed by atoms with Crippen LogP contribution in [-0.2, 0) is 6.18 Å². The predicted octanol–water partition coefficient (Wildman–Crippen LogP) is 2.65. The number of nitrogens with zero attached hydrogens (tertiary/aromatic N) is 3. The van der Waals surface area contributed by atoms with Crippen molar-refractivity contribution >= 4 is 11.6 Å². The van der Waals surface area contributed by atoms with Gasteiger partial charge < -0.3 is 5.73 Å². The number of non-ortho nitro benzene ring substituents is 1. The van der Waals surface area contributed by atoms with E-state index < -0.39 is 22.7 Å². The molecule has 20 heavy (non-hydrogen) atoms. The van der Waals surface area contributed by atoms with E-state index in [-0.39, 0.29) is 16.9 Å². The zero-order valence-electron chi connectivity index (χ0n) is 9.76. The Morgan fingerprint density at radius 3 is 2.50 bits per heavy atom. The van der Waals surface area contributed by atoms with Crippen LogP contribution < -0.4 is 5.73 Å². The Balaban J connectivity index is 2.55. The molecule has 0 atom stereocenters. The number of hydrogen-bond donors (Lipinski definition) is 1. The van der Waals surface area contributed by atoms with Crippen molar-refractivity contribution in [3.63, 3.8) is 0 Å². The Morgan fingerprint density at radius 2 is 1.90 bits per heavy atom. The lowest BCUT2D eigenvalue weighted by Crippen LogP contribution is -2.11. The summed E-state index contributed by atoms with van der Waals surface area (Å²) < 4.78 is 37.9. The van der Waals surface area contributed by atoms with Crippen LogP contribution in [0.25, 0.3) is 11.3 Å². The number of rotatable bonds is 2. The summed E-state index contributed by atoms with van der Waals surface area (Å²) in [5.41, 5.74) is 3.80. The van der Waals surface area contributed by atoms with Crippen molar-refractivity contribution in [2.75, 3.05) is 5.73 Å². The van der Waals surface area contributed by atoms with Gasteiger partial charge in [0.1, 0.15) is 0 Å². The minimum Gasteiger partial charge on any atom is -0.368 e. The lowest BCUT2D eigenvalue weighted by atomic mass is 10.1. The molecule has 6 nitrogen and oxygen atoms in total. The molecule has 0 bridgehead atoms. The number of nitro groups is 1. The van der Waals surface area contributed by atoms with Crippen molar-refractivity contribution in [2.24, 2.45) is 0 Å². The largest absolute Gasteiger partial charge is 0.433 e. The second-order valence-electron chi connectivity index (χ2n) is 3.80. The maximum absolute atomic E-state index is 12.6. The van der Waals surface area contributed by atoms with E-state index >= 15 is 0 Å². The van der Waals surface area contributed by atoms with Gasteiger partial charge in [-0.3, -0.25) is 10.1 Å². The van der Waals surface area contributed by atoms with Crippen LogP contribution >= 0.6 is 0 Å². The summed E-state index contributed by atoms with van der Waals surface area (Å²) >= 11 is 0. The monoisotopic (exact) mass is 284 g/mol. The number of benzene rings is 1. The molecule has 1 aromatic heterocycles. The molecule has 104 valence electrons. The topological polar surface area (TPSA) is 94.9 Å². The predicted molar refractivity (Wildman–Crippen MR) is 63.5 cm³/mol. The molecule has 0 aliphatic carbocycles. The molecule has 0 radical (unpaired) electrons. The molecule has 0 unspecified atom stereocenters. The van der Waals surface area contributed by atoms with Crippen LogP contribution in [0, 0.1) is 10.1 Å². The SMILES string of the molecule is Nc1nc(-c2cccc([N+](=O)[O-])c2)cc(C(F)(F)F)n1. The minimum absolute atomic E-state index is 0.131. The molecule has 0 aliphatic rings. The summed E-state index contributed by atoms with van der Waals surface area (Å²) in [4.78, 5) is 16.7. The number of nitro benzene ring substituents is 1. The first-order valence-electron chi connectivity index (χ1n) is 5.24. The lowest BCUT2D eigenvalue weighted by molar-refractivity contribution is -0.384. The van der Waals surface area contributed by atoms with Gasteiger partial charge in [-0.05, 0) is 6.07 Å². The van der Waals surface area contributed by atoms with Crippen LogP contribution in [0.2, 0.25) is 0 Å². The van der Waals surface area contributed by atoms with E-state index in [4.69, 9.17) is 5.73 Å². The standard InChI is InChI=1S/C11H7F3N4O2/c12-11(13,14)9-5-8(16-10(15)17-9)6-2-1-3-7(4-6)18(19)20/h1-5H,(H2,15,16,17). The van der Waals surface area contributed by atoms with Gasteiger partial charge in [-0.15, -0.1) is 0 Å². The van der Waals surface area contributed by atoms with Crippen LogP contribution in [0.4, 0.5) is 24.8 Å². The molecule has 0 saturated heterocycles. The van der Waals surface area contributed by atoms with Crippen LogP contribution in [0.1, 0.15) is 5.69 Å². The van der Waals surface area contributed by atoms with Crippen LogP contribution in [0.5, 0.6) is 0 Å². The molecular formula is C11H7F3N4O2. The number of anilines is 1. The van der Waals surface area contributed by atoms with Crippen molar-refractivity contribution < 1.29 is 18.1 Å². The smallest absolute Gasteiger partial charge is 0.368 e. The van der Waals surface area contributed by atoms with Gasteiger partial charge in [0.15, 0.2) is 5.69 Å². The minimum atomic E-state index is -4.67. The third kappa shape index (κ3) is 2.82. The highest BCUT2D eigenvalue weighted by Gasteiger charge is 2.33. The van der Waals surface area contributed by atoms with Crippen LogP contribution in [0.15, 0.2) is 30.3 Å². The van der Waals surface area contributed by atoms with Crippen LogP contribution in [-0.4, -0.2) is 14.9 Å². The van der Waals surface area contributed by atoms with Gasteiger partial charge >= 0.3 is 6.18 Å². The molecule has 0 aliphatic heterocycles. The first kappa shape index (κ1) is 13.7. The average Bonchev–Trinajstić information content (AvgIpc) is 2.37. The van der Waals surface area contributed by atoms with Crippen LogP contribution in [0.3, 0.4) is 0 Å². The zero-order chi connectivity index (χ0) is 14.9. The zero-order valence-corrected chi connectivity index (χ0v) is 9.76. The maximum atomic E-state index is 12.6. The highest BCUT2D eigenvalue weighted by molar-refractivity contribution is 5.63. The fourth-order valence-corrected chi connectivity index (χ4v) is 1.54. The molecule has 1 aromatic carbocycles. The van der Waals surface area contributed by atoms with E-state index in [2.05, 4.69) is 9.97 Å². The van der Waals surface area contributed by atoms with Crippen molar-refractivity contribution in [3.05, 3.63) is 46.1 Å². The summed E-state index contributed by atoms with van der Waals surface area (Å²) in [7, 11) is 0. The van der Waals surface area contributed by atoms with E-state index in [1.54, 1.807) is 0 Å². The molecule has 2 N–H and O–H groups in total. The number of nitrogens with two attached hydrogens (primary N) is 1. The summed E-state index contributed by atoms with van der Waals surface area (Å²) in [6.45, 7) is 0. The molecule has 1 heterocycles. The molecule has 0 fully saturated rings. The van der Waals surface area contributed by atoms with Gasteiger partial charge in [0.05, 0.1) is 10.6 Å². The number of hydrogen-bond acceptors (Lipinski definition) is 5. The van der Waals surface area contributed by atoms with E-state index in [9.17, 15) is 23.3 Å². The van der Waals surface area contributed by atoms with E-state index in [0.717, 1.165) is 6.07 Å². The lowest BCUT2D eigenvalue weighted by Gasteiger charge is -2.08. The molecular weight excluding hydrogens is 277 g/mol. The highest BCUT2D eigenvalue weighted by Crippen LogP contribution is 2.31. The first-order chi connectivity index (χ1) is 9.27. The third-order valence-electron chi connectivity index (χ3n) is 2.39. The number of alkyl halides is 3. The van der Waals surface area contributed by atoms with Gasteiger partial charge in [0.25, 0.3) is 5.69 Å². The Bertz CT molecular complexity index is 673. The summed E-state index contributed by atoms with van der Waals surface area (Å²) in [6, 6.07) is 5.77. The summed E-state index contributed by atoms with van der Waals surface area (Å²) in [5, 5.41) is 10.6. The van der Waals surface area contributed by atoms with Crippen molar-refractivity contribution in [1.82, 2.24) is 9.97 Å². The molecule has 0 amide bonds. The Labute approximate surface area is 110 Å². The van der Waals surface area contributed by atoms with E-state index in [1.165, 1.54) is 18.2 Å².